The molecule has 282 valence electrons. The summed E-state index contributed by atoms with van der Waals surface area (Å²) in [6.45, 7) is 8.51. The zero-order chi connectivity index (χ0) is 38.0. The maximum absolute atomic E-state index is 13.6. The molecule has 1 aromatic carbocycles. The molecule has 2 fully saturated rings. The summed E-state index contributed by atoms with van der Waals surface area (Å²) in [5.41, 5.74) is 2.62. The molecule has 5 heterocycles. The number of ether oxygens (including phenoxy) is 2. The Balaban J connectivity index is 1.16. The molecule has 0 radical (unpaired) electrons. The van der Waals surface area contributed by atoms with Crippen LogP contribution in [-0.4, -0.2) is 104 Å². The average Bonchev–Trinajstić information content (AvgIpc) is 3.99. The van der Waals surface area contributed by atoms with E-state index in [-0.39, 0.29) is 52.2 Å². The summed E-state index contributed by atoms with van der Waals surface area (Å²) in [4.78, 5) is 89.0. The highest BCUT2D eigenvalue weighted by molar-refractivity contribution is 7.17. The maximum Gasteiger partial charge on any atom is 0.407 e. The van der Waals surface area contributed by atoms with Gasteiger partial charge in [-0.1, -0.05) is 33.8 Å². The van der Waals surface area contributed by atoms with Crippen molar-refractivity contribution in [3.8, 4) is 10.4 Å². The Hall–Kier alpha value is -5.32. The second-order valence-electron chi connectivity index (χ2n) is 14.0. The zero-order valence-corrected chi connectivity index (χ0v) is 31.4. The molecule has 0 aliphatic carbocycles. The first-order chi connectivity index (χ1) is 25.4. The van der Waals surface area contributed by atoms with Crippen LogP contribution in [0, 0.1) is 11.8 Å². The molecule has 6 rings (SSSR count). The summed E-state index contributed by atoms with van der Waals surface area (Å²) >= 11 is 1.25. The molecule has 4 unspecified atom stereocenters. The predicted octanol–water partition coefficient (Wildman–Crippen LogP) is 4.73. The van der Waals surface area contributed by atoms with Crippen molar-refractivity contribution in [1.29, 1.82) is 0 Å². The van der Waals surface area contributed by atoms with E-state index < -0.39 is 24.3 Å². The van der Waals surface area contributed by atoms with E-state index in [1.165, 1.54) is 31.8 Å². The molecule has 2 saturated heterocycles. The number of ketones is 1. The Bertz CT molecular complexity index is 2000. The number of amides is 4. The van der Waals surface area contributed by atoms with Crippen molar-refractivity contribution in [3.63, 3.8) is 0 Å². The Morgan fingerprint density at radius 3 is 1.96 bits per heavy atom. The number of alkyl carbamates (subject to hydrolysis) is 2. The maximum atomic E-state index is 13.6. The monoisotopic (exact) mass is 747 g/mol. The van der Waals surface area contributed by atoms with Crippen molar-refractivity contribution in [2.24, 2.45) is 11.8 Å². The van der Waals surface area contributed by atoms with E-state index in [9.17, 15) is 24.0 Å². The fourth-order valence-corrected chi connectivity index (χ4v) is 7.84. The molecule has 0 bridgehead atoms. The highest BCUT2D eigenvalue weighted by atomic mass is 32.1. The van der Waals surface area contributed by atoms with E-state index >= 15 is 0 Å². The zero-order valence-electron chi connectivity index (χ0n) is 30.6. The van der Waals surface area contributed by atoms with Crippen LogP contribution in [0.2, 0.25) is 0 Å². The Morgan fingerprint density at radius 1 is 0.811 bits per heavy atom. The van der Waals surface area contributed by atoms with E-state index in [4.69, 9.17) is 14.5 Å². The summed E-state index contributed by atoms with van der Waals surface area (Å²) in [7, 11) is 2.53. The molecule has 0 saturated carbocycles. The summed E-state index contributed by atoms with van der Waals surface area (Å²) in [5, 5.41) is 5.59. The number of methoxy groups -OCH3 is 2. The van der Waals surface area contributed by atoms with Gasteiger partial charge in [-0.25, -0.2) is 24.5 Å². The van der Waals surface area contributed by atoms with Crippen LogP contribution in [0.4, 0.5) is 9.59 Å². The number of H-pyrrole nitrogens is 2. The number of aromatic nitrogens is 5. The summed E-state index contributed by atoms with van der Waals surface area (Å²) in [6, 6.07) is 3.63. The third kappa shape index (κ3) is 7.75. The third-order valence-corrected chi connectivity index (χ3v) is 10.9. The van der Waals surface area contributed by atoms with Crippen molar-refractivity contribution in [2.75, 3.05) is 27.3 Å². The van der Waals surface area contributed by atoms with Crippen LogP contribution in [0.1, 0.15) is 92.6 Å². The fraction of sp³-hybridized carbons (Fsp3) is 0.500. The number of nitrogens with one attached hydrogen (secondary N) is 4. The highest BCUT2D eigenvalue weighted by Crippen LogP contribution is 2.35. The van der Waals surface area contributed by atoms with Crippen LogP contribution in [0.25, 0.3) is 21.5 Å². The number of hydrogen-bond donors (Lipinski definition) is 4. The lowest BCUT2D eigenvalue weighted by molar-refractivity contribution is -0.136. The highest BCUT2D eigenvalue weighted by Gasteiger charge is 2.39. The van der Waals surface area contributed by atoms with Gasteiger partial charge in [0.1, 0.15) is 29.4 Å². The Morgan fingerprint density at radius 2 is 1.40 bits per heavy atom. The van der Waals surface area contributed by atoms with Gasteiger partial charge in [-0.2, -0.15) is 0 Å². The van der Waals surface area contributed by atoms with Gasteiger partial charge in [0.05, 0.1) is 48.4 Å². The second-order valence-corrected chi connectivity index (χ2v) is 15.0. The average molecular weight is 748 g/mol. The van der Waals surface area contributed by atoms with Crippen LogP contribution in [0.5, 0.6) is 0 Å². The van der Waals surface area contributed by atoms with E-state index in [1.807, 2.05) is 45.9 Å². The molecule has 17 heteroatoms. The number of hydrogen-bond acceptors (Lipinski definition) is 11. The number of fused-ring (bicyclic) bond motifs is 1. The molecule has 4 atom stereocenters. The number of rotatable bonds is 11. The molecule has 16 nitrogen and oxygen atoms in total. The van der Waals surface area contributed by atoms with E-state index in [0.29, 0.717) is 31.2 Å². The van der Waals surface area contributed by atoms with E-state index in [1.54, 1.807) is 16.0 Å². The van der Waals surface area contributed by atoms with Gasteiger partial charge in [0.2, 0.25) is 17.6 Å². The van der Waals surface area contributed by atoms with Crippen LogP contribution in [-0.2, 0) is 19.1 Å². The summed E-state index contributed by atoms with van der Waals surface area (Å²) in [5.74, 6) is 0.134. The summed E-state index contributed by atoms with van der Waals surface area (Å²) < 4.78 is 9.46. The van der Waals surface area contributed by atoms with Gasteiger partial charge in [0, 0.05) is 19.3 Å². The van der Waals surface area contributed by atoms with Gasteiger partial charge in [-0.15, -0.1) is 11.3 Å². The van der Waals surface area contributed by atoms with Crippen molar-refractivity contribution in [3.05, 3.63) is 52.9 Å². The Kier molecular flexibility index (Phi) is 11.1. The molecule has 0 spiro atoms. The number of likely N-dealkylation sites (tertiary alicyclic amines) is 2. The van der Waals surface area contributed by atoms with Crippen LogP contribution in [0.15, 0.2) is 30.6 Å². The third-order valence-electron chi connectivity index (χ3n) is 9.81. The van der Waals surface area contributed by atoms with Gasteiger partial charge < -0.3 is 39.9 Å². The molecule has 4 N–H and O–H groups in total. The lowest BCUT2D eigenvalue weighted by Gasteiger charge is -2.29. The quantitative estimate of drug-likeness (QED) is 0.155. The number of imidazole rings is 2. The number of carbonyl (C=O) groups excluding carboxylic acids is 5. The number of thiazole rings is 1. The van der Waals surface area contributed by atoms with Gasteiger partial charge in [-0.05, 0) is 55.2 Å². The van der Waals surface area contributed by atoms with Crippen LogP contribution >= 0.6 is 11.3 Å². The number of nitrogens with zero attached hydrogens (tertiary/aromatic N) is 5. The largest absolute Gasteiger partial charge is 0.453 e. The number of benzene rings is 1. The number of aromatic amines is 2. The van der Waals surface area contributed by atoms with Crippen molar-refractivity contribution < 1.29 is 33.4 Å². The van der Waals surface area contributed by atoms with Gasteiger partial charge in [-0.3, -0.25) is 14.4 Å². The lowest BCUT2D eigenvalue weighted by atomic mass is 10.0. The first kappa shape index (κ1) is 37.4. The van der Waals surface area contributed by atoms with Gasteiger partial charge in [0.25, 0.3) is 0 Å². The number of carbonyl (C=O) groups is 5. The molecule has 53 heavy (non-hydrogen) atoms. The molecular weight excluding hydrogens is 703 g/mol. The molecule has 2 aliphatic rings. The normalized spacial score (nSPS) is 18.4. The first-order valence-electron chi connectivity index (χ1n) is 17.8. The van der Waals surface area contributed by atoms with Crippen molar-refractivity contribution in [2.45, 2.75) is 77.5 Å². The second kappa shape index (κ2) is 15.7. The first-order valence-corrected chi connectivity index (χ1v) is 18.6. The molecule has 2 aliphatic heterocycles. The summed E-state index contributed by atoms with van der Waals surface area (Å²) in [6.07, 6.45) is 4.76. The van der Waals surface area contributed by atoms with E-state index in [0.717, 1.165) is 40.7 Å². The standard InChI is InChI=1S/C36H45N9O7S/c1-18(2)27(42-35(49)51-5)33(47)44-13-7-9-24(44)30-37-16-23(41-30)29(46)32-38-17-26(53-32)20-11-12-21-22(15-20)40-31(39-21)25-10-8-14-45(25)34(48)28(19(3)4)43-36(50)52-6/h11-12,15-19,24-25,27-28H,7-10,13-14H2,1-6H3,(H,37,41)(H,39,40)(H,42,49)(H,43,50). The topological polar surface area (TPSA) is 205 Å². The molecular formula is C36H45N9O7S. The molecule has 4 aromatic rings. The minimum absolute atomic E-state index is 0.137. The fourth-order valence-electron chi connectivity index (χ4n) is 6.98. The Labute approximate surface area is 310 Å². The van der Waals surface area contributed by atoms with E-state index in [2.05, 4.69) is 30.6 Å². The lowest BCUT2D eigenvalue weighted by Crippen LogP contribution is -2.51. The van der Waals surface area contributed by atoms with Gasteiger partial charge >= 0.3 is 12.2 Å². The SMILES string of the molecule is COC(=O)NC(C(=O)N1CCCC1c1ncc(C(=O)c2ncc(-c3ccc4nc(C5CCCN5C(=O)C(NC(=O)OC)C(C)C)[nH]c4c3)s2)[nH]1)C(C)C. The predicted molar refractivity (Wildman–Crippen MR) is 195 cm³/mol. The minimum atomic E-state index is -0.763. The van der Waals surface area contributed by atoms with Crippen molar-refractivity contribution >= 4 is 52.2 Å². The van der Waals surface area contributed by atoms with Crippen LogP contribution < -0.4 is 10.6 Å². The van der Waals surface area contributed by atoms with Gasteiger partial charge in [0.15, 0.2) is 5.01 Å². The molecule has 3 aromatic heterocycles. The minimum Gasteiger partial charge on any atom is -0.453 e. The van der Waals surface area contributed by atoms with Crippen LogP contribution in [0.3, 0.4) is 0 Å². The van der Waals surface area contributed by atoms with Crippen molar-refractivity contribution in [1.82, 2.24) is 45.4 Å². The smallest absolute Gasteiger partial charge is 0.407 e. The molecule has 4 amide bonds.